The summed E-state index contributed by atoms with van der Waals surface area (Å²) < 4.78 is 10.6. The molecular formula is C15H14ClNO4. The second kappa shape index (κ2) is 5.41. The van der Waals surface area contributed by atoms with Gasteiger partial charge in [0.05, 0.1) is 5.02 Å². The van der Waals surface area contributed by atoms with Gasteiger partial charge in [-0.1, -0.05) is 11.6 Å². The highest BCUT2D eigenvalue weighted by Gasteiger charge is 2.19. The number of aryl methyl sites for hydroxylation is 1. The van der Waals surface area contributed by atoms with Crippen LogP contribution in [-0.2, 0) is 17.6 Å². The Morgan fingerprint density at radius 2 is 2.00 bits per heavy atom. The molecule has 0 saturated heterocycles. The molecule has 2 N–H and O–H groups in total. The zero-order valence-corrected chi connectivity index (χ0v) is 12.0. The summed E-state index contributed by atoms with van der Waals surface area (Å²) in [6.45, 7) is -0.277. The number of halogens is 1. The van der Waals surface area contributed by atoms with E-state index in [0.717, 1.165) is 42.2 Å². The molecule has 21 heavy (non-hydrogen) atoms. The Morgan fingerprint density at radius 1 is 1.29 bits per heavy atom. The molecule has 0 bridgehead atoms. The van der Waals surface area contributed by atoms with Crippen LogP contribution in [0.25, 0.3) is 11.0 Å². The third-order valence-electron chi connectivity index (χ3n) is 3.65. The highest BCUT2D eigenvalue weighted by Crippen LogP contribution is 2.34. The van der Waals surface area contributed by atoms with E-state index in [-0.39, 0.29) is 18.0 Å². The lowest BCUT2D eigenvalue weighted by Crippen LogP contribution is -2.20. The predicted octanol–water partition coefficient (Wildman–Crippen LogP) is 2.19. The first-order chi connectivity index (χ1) is 10.1. The van der Waals surface area contributed by atoms with Gasteiger partial charge in [-0.3, -0.25) is 4.79 Å². The molecule has 110 valence electrons. The number of fused-ring (bicyclic) bond motifs is 3. The number of carbonyl (C=O) groups is 1. The molecule has 0 aliphatic heterocycles. The van der Waals surface area contributed by atoms with Crippen molar-refractivity contribution in [2.45, 2.75) is 25.7 Å². The van der Waals surface area contributed by atoms with Crippen LogP contribution < -0.4 is 16.1 Å². The molecule has 0 unspecified atom stereocenters. The molecule has 1 aromatic carbocycles. The van der Waals surface area contributed by atoms with E-state index >= 15 is 0 Å². The quantitative estimate of drug-likeness (QED) is 0.881. The van der Waals surface area contributed by atoms with Gasteiger partial charge in [0.15, 0.2) is 6.61 Å². The summed E-state index contributed by atoms with van der Waals surface area (Å²) in [6, 6.07) is 3.26. The maximum atomic E-state index is 12.0. The minimum absolute atomic E-state index is 0.277. The maximum Gasteiger partial charge on any atom is 0.339 e. The van der Waals surface area contributed by atoms with Crippen LogP contribution in [0.3, 0.4) is 0 Å². The number of amides is 1. The summed E-state index contributed by atoms with van der Waals surface area (Å²) in [5.41, 5.74) is 6.91. The minimum atomic E-state index is -0.599. The Hall–Kier alpha value is -2.01. The Kier molecular flexibility index (Phi) is 3.59. The van der Waals surface area contributed by atoms with Gasteiger partial charge in [-0.2, -0.15) is 0 Å². The lowest BCUT2D eigenvalue weighted by Gasteiger charge is -2.17. The Morgan fingerprint density at radius 3 is 2.71 bits per heavy atom. The average Bonchev–Trinajstić information content (AvgIpc) is 2.46. The molecule has 0 saturated carbocycles. The molecule has 1 aliphatic carbocycles. The summed E-state index contributed by atoms with van der Waals surface area (Å²) in [5.74, 6) is -0.320. The van der Waals surface area contributed by atoms with Crippen molar-refractivity contribution < 1.29 is 13.9 Å². The Bertz CT molecular complexity index is 781. The van der Waals surface area contributed by atoms with E-state index in [1.807, 2.05) is 0 Å². The average molecular weight is 308 g/mol. The second-order valence-electron chi connectivity index (χ2n) is 5.09. The number of hydrogen-bond acceptors (Lipinski definition) is 4. The van der Waals surface area contributed by atoms with E-state index in [0.29, 0.717) is 10.6 Å². The minimum Gasteiger partial charge on any atom is -0.482 e. The first-order valence-corrected chi connectivity index (χ1v) is 7.13. The summed E-state index contributed by atoms with van der Waals surface area (Å²) in [4.78, 5) is 22.8. The number of rotatable bonds is 3. The molecule has 3 rings (SSSR count). The molecule has 1 heterocycles. The molecule has 5 nitrogen and oxygen atoms in total. The van der Waals surface area contributed by atoms with Crippen LogP contribution >= 0.6 is 11.6 Å². The molecule has 2 aromatic rings. The van der Waals surface area contributed by atoms with E-state index < -0.39 is 5.91 Å². The van der Waals surface area contributed by atoms with E-state index in [2.05, 4.69) is 0 Å². The summed E-state index contributed by atoms with van der Waals surface area (Å²) in [7, 11) is 0. The van der Waals surface area contributed by atoms with Crippen molar-refractivity contribution in [1.82, 2.24) is 0 Å². The van der Waals surface area contributed by atoms with Gasteiger partial charge in [-0.25, -0.2) is 4.79 Å². The van der Waals surface area contributed by atoms with Gasteiger partial charge in [0.25, 0.3) is 5.91 Å². The van der Waals surface area contributed by atoms with Crippen molar-refractivity contribution in [3.63, 3.8) is 0 Å². The molecule has 1 aliphatic rings. The van der Waals surface area contributed by atoms with E-state index in [1.165, 1.54) is 6.07 Å². The Labute approximate surface area is 125 Å². The largest absolute Gasteiger partial charge is 0.482 e. The van der Waals surface area contributed by atoms with Gasteiger partial charge in [0.1, 0.15) is 11.3 Å². The highest BCUT2D eigenvalue weighted by molar-refractivity contribution is 6.32. The number of carbonyl (C=O) groups excluding carboxylic acids is 1. The molecule has 0 spiro atoms. The fourth-order valence-electron chi connectivity index (χ4n) is 2.70. The number of primary amides is 1. The van der Waals surface area contributed by atoms with Crippen molar-refractivity contribution in [1.29, 1.82) is 0 Å². The number of hydrogen-bond donors (Lipinski definition) is 1. The number of nitrogens with two attached hydrogens (primary N) is 1. The standard InChI is InChI=1S/C15H14ClNO4/c16-11-5-10-8-3-1-2-4-9(8)15(19)21-12(10)6-13(11)20-7-14(17)18/h5-6H,1-4,7H2,(H2,17,18). The van der Waals surface area contributed by atoms with Crippen molar-refractivity contribution in [3.05, 3.63) is 38.7 Å². The molecule has 6 heteroatoms. The van der Waals surface area contributed by atoms with Crippen LogP contribution in [0.2, 0.25) is 5.02 Å². The van der Waals surface area contributed by atoms with Gasteiger partial charge in [0, 0.05) is 17.0 Å². The first-order valence-electron chi connectivity index (χ1n) is 6.75. The molecule has 0 fully saturated rings. The van der Waals surface area contributed by atoms with Crippen LogP contribution in [0.15, 0.2) is 21.3 Å². The van der Waals surface area contributed by atoms with Crippen LogP contribution in [0.1, 0.15) is 24.0 Å². The lowest BCUT2D eigenvalue weighted by molar-refractivity contribution is -0.119. The van der Waals surface area contributed by atoms with Crippen LogP contribution in [-0.4, -0.2) is 12.5 Å². The lowest BCUT2D eigenvalue weighted by atomic mass is 9.91. The maximum absolute atomic E-state index is 12.0. The third kappa shape index (κ3) is 2.61. The second-order valence-corrected chi connectivity index (χ2v) is 5.49. The van der Waals surface area contributed by atoms with E-state index in [4.69, 9.17) is 26.5 Å². The van der Waals surface area contributed by atoms with Gasteiger partial charge in [-0.15, -0.1) is 0 Å². The molecule has 1 amide bonds. The van der Waals surface area contributed by atoms with Gasteiger partial charge >= 0.3 is 5.63 Å². The fraction of sp³-hybridized carbons (Fsp3) is 0.333. The summed E-state index contributed by atoms with van der Waals surface area (Å²) in [6.07, 6.45) is 3.63. The van der Waals surface area contributed by atoms with Crippen LogP contribution in [0, 0.1) is 0 Å². The van der Waals surface area contributed by atoms with Gasteiger partial charge in [-0.05, 0) is 37.3 Å². The summed E-state index contributed by atoms with van der Waals surface area (Å²) in [5, 5.41) is 1.20. The van der Waals surface area contributed by atoms with Crippen molar-refractivity contribution in [3.8, 4) is 5.75 Å². The van der Waals surface area contributed by atoms with Crippen molar-refractivity contribution >= 4 is 28.5 Å². The zero-order chi connectivity index (χ0) is 15.0. The van der Waals surface area contributed by atoms with Crippen LogP contribution in [0.5, 0.6) is 5.75 Å². The number of benzene rings is 1. The number of ether oxygens (including phenoxy) is 1. The monoisotopic (exact) mass is 307 g/mol. The molecular weight excluding hydrogens is 294 g/mol. The fourth-order valence-corrected chi connectivity index (χ4v) is 2.92. The van der Waals surface area contributed by atoms with Gasteiger partial charge < -0.3 is 14.9 Å². The highest BCUT2D eigenvalue weighted by atomic mass is 35.5. The topological polar surface area (TPSA) is 82.5 Å². The first kappa shape index (κ1) is 13.9. The zero-order valence-electron chi connectivity index (χ0n) is 11.3. The molecule has 0 atom stereocenters. The molecule has 0 radical (unpaired) electrons. The smallest absolute Gasteiger partial charge is 0.339 e. The third-order valence-corrected chi connectivity index (χ3v) is 3.94. The van der Waals surface area contributed by atoms with Gasteiger partial charge in [0.2, 0.25) is 0 Å². The Balaban J connectivity index is 2.14. The molecule has 1 aromatic heterocycles. The van der Waals surface area contributed by atoms with E-state index in [9.17, 15) is 9.59 Å². The SMILES string of the molecule is NC(=O)COc1cc2oc(=O)c3c(c2cc1Cl)CCCC3. The normalized spacial score (nSPS) is 14.0. The predicted molar refractivity (Wildman–Crippen MR) is 78.8 cm³/mol. The van der Waals surface area contributed by atoms with Crippen molar-refractivity contribution in [2.24, 2.45) is 5.73 Å². The van der Waals surface area contributed by atoms with Crippen molar-refractivity contribution in [2.75, 3.05) is 6.61 Å². The summed E-state index contributed by atoms with van der Waals surface area (Å²) >= 11 is 6.17. The van der Waals surface area contributed by atoms with Crippen LogP contribution in [0.4, 0.5) is 0 Å². The van der Waals surface area contributed by atoms with E-state index in [1.54, 1.807) is 6.07 Å².